The molecule has 0 aliphatic carbocycles. The van der Waals surface area contributed by atoms with Crippen LogP contribution < -0.4 is 10.6 Å². The number of pyridine rings is 1. The molecule has 1 heterocycles. The Balaban J connectivity index is 2.03. The molecule has 0 amide bonds. The number of nitrogens with one attached hydrogen (secondary N) is 2. The molecule has 0 radical (unpaired) electrons. The van der Waals surface area contributed by atoms with Crippen LogP contribution in [0.5, 0.6) is 0 Å². The Labute approximate surface area is 131 Å². The van der Waals surface area contributed by atoms with Gasteiger partial charge in [0.25, 0.3) is 0 Å². The van der Waals surface area contributed by atoms with Crippen LogP contribution in [0.4, 0.5) is 5.82 Å². The van der Waals surface area contributed by atoms with Crippen LogP contribution in [0.1, 0.15) is 36.1 Å². The second-order valence-corrected chi connectivity index (χ2v) is 5.55. The molecule has 4 heteroatoms. The number of anilines is 1. The molecule has 0 saturated carbocycles. The number of hydrogen-bond donors (Lipinski definition) is 2. The molecule has 1 aromatic heterocycles. The molecule has 0 aliphatic heterocycles. The molecule has 0 fully saturated rings. The molecule has 0 bridgehead atoms. The topological polar surface area (TPSA) is 37.0 Å². The zero-order chi connectivity index (χ0) is 15.2. The van der Waals surface area contributed by atoms with E-state index in [1.54, 1.807) is 6.20 Å². The van der Waals surface area contributed by atoms with E-state index in [2.05, 4.69) is 53.7 Å². The molecule has 0 aliphatic rings. The Morgan fingerprint density at radius 3 is 2.52 bits per heavy atom. The fourth-order valence-electron chi connectivity index (χ4n) is 2.14. The van der Waals surface area contributed by atoms with E-state index < -0.39 is 0 Å². The predicted molar refractivity (Wildman–Crippen MR) is 92.5 cm³/mol. The molecule has 0 spiro atoms. The van der Waals surface area contributed by atoms with Crippen molar-refractivity contribution in [3.8, 4) is 0 Å². The second-order valence-electron chi connectivity index (χ2n) is 5.14. The van der Waals surface area contributed by atoms with Gasteiger partial charge in [-0.1, -0.05) is 42.8 Å². The van der Waals surface area contributed by atoms with Gasteiger partial charge in [-0.15, -0.1) is 0 Å². The molecule has 3 nitrogen and oxygen atoms in total. The van der Waals surface area contributed by atoms with Gasteiger partial charge in [0.05, 0.1) is 6.04 Å². The van der Waals surface area contributed by atoms with E-state index in [9.17, 15) is 0 Å². The molecule has 0 unspecified atom stereocenters. The third kappa shape index (κ3) is 4.26. The van der Waals surface area contributed by atoms with Gasteiger partial charge in [-0.2, -0.15) is 0 Å². The summed E-state index contributed by atoms with van der Waals surface area (Å²) in [5, 5.41) is 7.12. The van der Waals surface area contributed by atoms with Gasteiger partial charge in [0.2, 0.25) is 0 Å². The number of benzene rings is 1. The summed E-state index contributed by atoms with van der Waals surface area (Å²) in [4.78, 5) is 4.30. The van der Waals surface area contributed by atoms with Gasteiger partial charge < -0.3 is 10.6 Å². The van der Waals surface area contributed by atoms with E-state index in [4.69, 9.17) is 12.2 Å². The van der Waals surface area contributed by atoms with Crippen LogP contribution in [0.3, 0.4) is 0 Å². The third-order valence-corrected chi connectivity index (χ3v) is 3.65. The van der Waals surface area contributed by atoms with Gasteiger partial charge >= 0.3 is 0 Å². The summed E-state index contributed by atoms with van der Waals surface area (Å²) in [5.74, 6) is 0.800. The van der Waals surface area contributed by atoms with Crippen molar-refractivity contribution in [3.05, 3.63) is 59.3 Å². The molecular formula is C17H21N3S. The van der Waals surface area contributed by atoms with Gasteiger partial charge in [-0.25, -0.2) is 4.98 Å². The average Bonchev–Trinajstić information content (AvgIpc) is 2.48. The van der Waals surface area contributed by atoms with Crippen molar-refractivity contribution in [1.82, 2.24) is 10.3 Å². The van der Waals surface area contributed by atoms with Crippen molar-refractivity contribution in [2.75, 3.05) is 5.32 Å². The molecule has 21 heavy (non-hydrogen) atoms. The monoisotopic (exact) mass is 299 g/mol. The van der Waals surface area contributed by atoms with Crippen LogP contribution >= 0.6 is 12.2 Å². The first-order valence-electron chi connectivity index (χ1n) is 7.16. The lowest BCUT2D eigenvalue weighted by Crippen LogP contribution is -2.32. The molecule has 2 aromatic rings. The number of thiocarbonyl (C=S) groups is 1. The zero-order valence-electron chi connectivity index (χ0n) is 12.7. The first-order chi connectivity index (χ1) is 10.1. The first-order valence-corrected chi connectivity index (χ1v) is 7.56. The quantitative estimate of drug-likeness (QED) is 0.832. The van der Waals surface area contributed by atoms with Crippen LogP contribution in [0.25, 0.3) is 0 Å². The maximum Gasteiger partial charge on any atom is 0.172 e. The molecule has 1 aromatic carbocycles. The Morgan fingerprint density at radius 1 is 1.19 bits per heavy atom. The Kier molecular flexibility index (Phi) is 5.28. The number of hydrogen-bond acceptors (Lipinski definition) is 2. The summed E-state index contributed by atoms with van der Waals surface area (Å²) in [7, 11) is 0. The van der Waals surface area contributed by atoms with Gasteiger partial charge in [-0.3, -0.25) is 0 Å². The Morgan fingerprint density at radius 2 is 1.90 bits per heavy atom. The SMILES string of the molecule is CC[C@@H](NC(=S)Nc1ncccc1C)c1ccc(C)cc1. The van der Waals surface area contributed by atoms with Gasteiger partial charge in [0.15, 0.2) is 5.11 Å². The van der Waals surface area contributed by atoms with Crippen LogP contribution in [-0.4, -0.2) is 10.1 Å². The van der Waals surface area contributed by atoms with Crippen molar-refractivity contribution in [1.29, 1.82) is 0 Å². The summed E-state index contributed by atoms with van der Waals surface area (Å²) in [6.45, 7) is 6.25. The highest BCUT2D eigenvalue weighted by Gasteiger charge is 2.11. The number of nitrogens with zero attached hydrogens (tertiary/aromatic N) is 1. The maximum atomic E-state index is 5.40. The van der Waals surface area contributed by atoms with E-state index in [0.717, 1.165) is 17.8 Å². The van der Waals surface area contributed by atoms with Gasteiger partial charge in [0, 0.05) is 6.20 Å². The minimum Gasteiger partial charge on any atom is -0.356 e. The van der Waals surface area contributed by atoms with E-state index >= 15 is 0 Å². The zero-order valence-corrected chi connectivity index (χ0v) is 13.5. The van der Waals surface area contributed by atoms with Gasteiger partial charge in [0.1, 0.15) is 5.82 Å². The highest BCUT2D eigenvalue weighted by molar-refractivity contribution is 7.80. The smallest absolute Gasteiger partial charge is 0.172 e. The number of aromatic nitrogens is 1. The fourth-order valence-corrected chi connectivity index (χ4v) is 2.38. The fraction of sp³-hybridized carbons (Fsp3) is 0.294. The van der Waals surface area contributed by atoms with Crippen molar-refractivity contribution < 1.29 is 0 Å². The van der Waals surface area contributed by atoms with E-state index in [-0.39, 0.29) is 6.04 Å². The maximum absolute atomic E-state index is 5.40. The van der Waals surface area contributed by atoms with Crippen molar-refractivity contribution in [2.45, 2.75) is 33.2 Å². The van der Waals surface area contributed by atoms with Crippen LogP contribution in [0, 0.1) is 13.8 Å². The molecule has 2 rings (SSSR count). The molecule has 1 atom stereocenters. The summed E-state index contributed by atoms with van der Waals surface area (Å²) in [5.41, 5.74) is 3.58. The number of rotatable bonds is 4. The van der Waals surface area contributed by atoms with E-state index in [0.29, 0.717) is 5.11 Å². The Bertz CT molecular complexity index is 608. The predicted octanol–water partition coefficient (Wildman–Crippen LogP) is 4.14. The summed E-state index contributed by atoms with van der Waals surface area (Å²) < 4.78 is 0. The minimum absolute atomic E-state index is 0.203. The molecule has 110 valence electrons. The lowest BCUT2D eigenvalue weighted by Gasteiger charge is -2.20. The molecule has 0 saturated heterocycles. The highest BCUT2D eigenvalue weighted by atomic mass is 32.1. The molecule has 2 N–H and O–H groups in total. The molecular weight excluding hydrogens is 278 g/mol. The normalized spacial score (nSPS) is 11.8. The van der Waals surface area contributed by atoms with Crippen LogP contribution in [0.15, 0.2) is 42.6 Å². The minimum atomic E-state index is 0.203. The summed E-state index contributed by atoms with van der Waals surface area (Å²) >= 11 is 5.40. The van der Waals surface area contributed by atoms with Crippen molar-refractivity contribution in [2.24, 2.45) is 0 Å². The summed E-state index contributed by atoms with van der Waals surface area (Å²) in [6.07, 6.45) is 2.72. The largest absolute Gasteiger partial charge is 0.356 e. The average molecular weight is 299 g/mol. The third-order valence-electron chi connectivity index (χ3n) is 3.43. The highest BCUT2D eigenvalue weighted by Crippen LogP contribution is 2.17. The lowest BCUT2D eigenvalue weighted by molar-refractivity contribution is 0.629. The van der Waals surface area contributed by atoms with Crippen molar-refractivity contribution in [3.63, 3.8) is 0 Å². The van der Waals surface area contributed by atoms with Crippen molar-refractivity contribution >= 4 is 23.1 Å². The van der Waals surface area contributed by atoms with Crippen LogP contribution in [0.2, 0.25) is 0 Å². The van der Waals surface area contributed by atoms with E-state index in [1.807, 2.05) is 19.1 Å². The van der Waals surface area contributed by atoms with E-state index in [1.165, 1.54) is 11.1 Å². The lowest BCUT2D eigenvalue weighted by atomic mass is 10.0. The summed E-state index contributed by atoms with van der Waals surface area (Å²) in [6, 6.07) is 12.7. The number of aryl methyl sites for hydroxylation is 2. The van der Waals surface area contributed by atoms with Gasteiger partial charge in [-0.05, 0) is 49.7 Å². The standard InChI is InChI=1S/C17H21N3S/c1-4-15(14-9-7-12(2)8-10-14)19-17(21)20-16-13(3)6-5-11-18-16/h5-11,15H,4H2,1-3H3,(H2,18,19,20,21)/t15-/m1/s1. The Hall–Kier alpha value is -1.94. The van der Waals surface area contributed by atoms with Crippen LogP contribution in [-0.2, 0) is 0 Å². The second kappa shape index (κ2) is 7.18. The first kappa shape index (κ1) is 15.4.